The van der Waals surface area contributed by atoms with Gasteiger partial charge in [0.2, 0.25) is 0 Å². The third-order valence-electron chi connectivity index (χ3n) is 7.22. The summed E-state index contributed by atoms with van der Waals surface area (Å²) in [6, 6.07) is 18.3. The van der Waals surface area contributed by atoms with Crippen molar-refractivity contribution in [1.29, 1.82) is 0 Å². The van der Waals surface area contributed by atoms with Gasteiger partial charge in [0.15, 0.2) is 17.8 Å². The van der Waals surface area contributed by atoms with Gasteiger partial charge in [-0.05, 0) is 23.3 Å². The van der Waals surface area contributed by atoms with E-state index < -0.39 is 18.0 Å². The lowest BCUT2D eigenvalue weighted by Gasteiger charge is -2.16. The Bertz CT molecular complexity index is 1510. The van der Waals surface area contributed by atoms with Crippen LogP contribution in [0.25, 0.3) is 33.4 Å². The zero-order valence-corrected chi connectivity index (χ0v) is 20.2. The van der Waals surface area contributed by atoms with Crippen LogP contribution in [0.4, 0.5) is 14.9 Å². The minimum absolute atomic E-state index is 0.219. The number of hydrogen-bond acceptors (Lipinski definition) is 7. The quantitative estimate of drug-likeness (QED) is 0.414. The maximum atomic E-state index is 15.1. The molecule has 2 aromatic carbocycles. The van der Waals surface area contributed by atoms with E-state index in [1.54, 1.807) is 11.0 Å². The monoisotopic (exact) mass is 517 g/mol. The third-order valence-corrected chi connectivity index (χ3v) is 7.22. The number of halogens is 1. The number of nitrogens with zero attached hydrogens (tertiary/aromatic N) is 2. The van der Waals surface area contributed by atoms with Crippen molar-refractivity contribution >= 4 is 22.8 Å². The first-order chi connectivity index (χ1) is 18.5. The van der Waals surface area contributed by atoms with Gasteiger partial charge in [-0.15, -0.1) is 0 Å². The number of anilines is 1. The molecule has 0 spiro atoms. The van der Waals surface area contributed by atoms with Gasteiger partial charge in [0.05, 0.1) is 30.8 Å². The highest BCUT2D eigenvalue weighted by Gasteiger charge is 2.48. The molecule has 4 atom stereocenters. The number of H-pyrrole nitrogens is 1. The topological polar surface area (TPSA) is 106 Å². The van der Waals surface area contributed by atoms with Crippen molar-refractivity contribution in [1.82, 2.24) is 9.97 Å². The molecule has 2 aromatic heterocycles. The number of nitrogens with one attached hydrogen (secondary N) is 1. The van der Waals surface area contributed by atoms with Crippen LogP contribution in [0, 0.1) is 5.82 Å². The molecule has 0 saturated carbocycles. The van der Waals surface area contributed by atoms with Crippen molar-refractivity contribution in [2.75, 3.05) is 31.3 Å². The normalized spacial score (nSPS) is 24.7. The fourth-order valence-electron chi connectivity index (χ4n) is 5.26. The number of aromatic amines is 1. The fourth-order valence-corrected chi connectivity index (χ4v) is 5.26. The van der Waals surface area contributed by atoms with E-state index in [1.165, 1.54) is 6.07 Å². The van der Waals surface area contributed by atoms with E-state index in [0.29, 0.717) is 42.2 Å². The van der Waals surface area contributed by atoms with E-state index in [2.05, 4.69) is 9.97 Å². The molecular formula is C28H24FN3O6. The molecule has 9 nitrogen and oxygen atoms in total. The molecule has 0 unspecified atom stereocenters. The van der Waals surface area contributed by atoms with Crippen LogP contribution < -0.4 is 9.64 Å². The van der Waals surface area contributed by atoms with Crippen molar-refractivity contribution in [2.45, 2.75) is 24.4 Å². The number of fused-ring (bicyclic) bond motifs is 2. The SMILES string of the molecule is O=C1OCCN1c1ccc(-c2ccc(-c3nc4cc(O[C@@H]5CO[C@H]6[C@@H]5OC[C@H]6O)[nH]c4cc3F)cc2)cc1. The number of rotatable bonds is 5. The first-order valence-corrected chi connectivity index (χ1v) is 12.5. The molecule has 4 aromatic rings. The Labute approximate surface area is 216 Å². The number of benzene rings is 2. The average Bonchev–Trinajstić information content (AvgIpc) is 3.71. The number of amides is 1. The Morgan fingerprint density at radius 3 is 2.42 bits per heavy atom. The Kier molecular flexibility index (Phi) is 5.54. The molecule has 10 heteroatoms. The molecule has 3 aliphatic rings. The van der Waals surface area contributed by atoms with Crippen LogP contribution in [0.2, 0.25) is 0 Å². The molecule has 0 aliphatic carbocycles. The lowest BCUT2D eigenvalue weighted by molar-refractivity contribution is 0.00794. The molecule has 194 valence electrons. The van der Waals surface area contributed by atoms with Crippen LogP contribution in [-0.4, -0.2) is 71.9 Å². The van der Waals surface area contributed by atoms with E-state index in [9.17, 15) is 9.90 Å². The van der Waals surface area contributed by atoms with Gasteiger partial charge in [-0.1, -0.05) is 36.4 Å². The summed E-state index contributed by atoms with van der Waals surface area (Å²) in [5.41, 5.74) is 4.69. The molecule has 5 heterocycles. The molecule has 0 bridgehead atoms. The minimum atomic E-state index is -0.656. The minimum Gasteiger partial charge on any atom is -0.470 e. The van der Waals surface area contributed by atoms with Crippen molar-refractivity contribution in [3.05, 3.63) is 66.5 Å². The van der Waals surface area contributed by atoms with Crippen LogP contribution in [0.15, 0.2) is 60.7 Å². The smallest absolute Gasteiger partial charge is 0.414 e. The van der Waals surface area contributed by atoms with Gasteiger partial charge in [-0.2, -0.15) is 0 Å². The number of ether oxygens (including phenoxy) is 4. The highest BCUT2D eigenvalue weighted by Crippen LogP contribution is 2.33. The van der Waals surface area contributed by atoms with Gasteiger partial charge in [0.1, 0.15) is 30.6 Å². The van der Waals surface area contributed by atoms with Crippen LogP contribution in [-0.2, 0) is 14.2 Å². The molecule has 7 rings (SSSR count). The summed E-state index contributed by atoms with van der Waals surface area (Å²) in [6.07, 6.45) is -2.10. The average molecular weight is 518 g/mol. The molecule has 3 aliphatic heterocycles. The Morgan fingerprint density at radius 2 is 1.68 bits per heavy atom. The van der Waals surface area contributed by atoms with Crippen LogP contribution >= 0.6 is 0 Å². The lowest BCUT2D eigenvalue weighted by atomic mass is 10.0. The lowest BCUT2D eigenvalue weighted by Crippen LogP contribution is -2.34. The van der Waals surface area contributed by atoms with Crippen LogP contribution in [0.5, 0.6) is 5.88 Å². The van der Waals surface area contributed by atoms with E-state index in [0.717, 1.165) is 16.8 Å². The predicted octanol–water partition coefficient (Wildman–Crippen LogP) is 3.90. The Morgan fingerprint density at radius 1 is 0.974 bits per heavy atom. The standard InChI is InChI=1S/C28H24FN3O6/c29-19-11-20-21(12-24(30-20)38-23-14-37-26-22(33)13-36-27(23)26)31-25(19)17-3-1-15(2-4-17)16-5-7-18(8-6-16)32-9-10-35-28(32)34/h1-8,11-12,22-23,26-27,30,33H,9-10,13-14H2/t22-,23-,26-,27-/m1/s1. The van der Waals surface area contributed by atoms with Crippen molar-refractivity contribution in [2.24, 2.45) is 0 Å². The van der Waals surface area contributed by atoms with Crippen LogP contribution in [0.3, 0.4) is 0 Å². The number of aromatic nitrogens is 2. The maximum absolute atomic E-state index is 15.1. The summed E-state index contributed by atoms with van der Waals surface area (Å²) >= 11 is 0. The maximum Gasteiger partial charge on any atom is 0.414 e. The van der Waals surface area contributed by atoms with Gasteiger partial charge in [0, 0.05) is 23.4 Å². The van der Waals surface area contributed by atoms with E-state index in [4.69, 9.17) is 18.9 Å². The largest absolute Gasteiger partial charge is 0.470 e. The summed E-state index contributed by atoms with van der Waals surface area (Å²) in [5.74, 6) is -0.0173. The molecule has 2 N–H and O–H groups in total. The van der Waals surface area contributed by atoms with Crippen molar-refractivity contribution < 1.29 is 33.2 Å². The predicted molar refractivity (Wildman–Crippen MR) is 136 cm³/mol. The zero-order chi connectivity index (χ0) is 25.8. The van der Waals surface area contributed by atoms with Gasteiger partial charge in [0.25, 0.3) is 0 Å². The second kappa shape index (κ2) is 9.09. The van der Waals surface area contributed by atoms with Gasteiger partial charge < -0.3 is 29.0 Å². The van der Waals surface area contributed by atoms with Gasteiger partial charge in [-0.3, -0.25) is 4.90 Å². The summed E-state index contributed by atoms with van der Waals surface area (Å²) in [7, 11) is 0. The molecule has 0 radical (unpaired) electrons. The van der Waals surface area contributed by atoms with Crippen LogP contribution in [0.1, 0.15) is 0 Å². The van der Waals surface area contributed by atoms with E-state index in [1.807, 2.05) is 48.5 Å². The highest BCUT2D eigenvalue weighted by atomic mass is 19.1. The number of pyridine rings is 1. The fraction of sp³-hybridized carbons (Fsp3) is 0.286. The molecular weight excluding hydrogens is 493 g/mol. The van der Waals surface area contributed by atoms with E-state index in [-0.39, 0.29) is 30.6 Å². The highest BCUT2D eigenvalue weighted by molar-refractivity contribution is 5.89. The third kappa shape index (κ3) is 3.97. The van der Waals surface area contributed by atoms with Gasteiger partial charge >= 0.3 is 6.09 Å². The summed E-state index contributed by atoms with van der Waals surface area (Å²) in [5, 5.41) is 9.93. The summed E-state index contributed by atoms with van der Waals surface area (Å²) in [6.45, 7) is 1.46. The van der Waals surface area contributed by atoms with Gasteiger partial charge in [-0.25, -0.2) is 14.2 Å². The molecule has 38 heavy (non-hydrogen) atoms. The first-order valence-electron chi connectivity index (χ1n) is 12.5. The summed E-state index contributed by atoms with van der Waals surface area (Å²) in [4.78, 5) is 21.0. The Hall–Kier alpha value is -3.99. The van der Waals surface area contributed by atoms with Crippen molar-refractivity contribution in [3.8, 4) is 28.3 Å². The molecule has 1 amide bonds. The second-order valence-electron chi connectivity index (χ2n) is 9.59. The zero-order valence-electron chi connectivity index (χ0n) is 20.2. The van der Waals surface area contributed by atoms with E-state index >= 15 is 4.39 Å². The van der Waals surface area contributed by atoms with Crippen molar-refractivity contribution in [3.63, 3.8) is 0 Å². The number of cyclic esters (lactones) is 1. The number of aliphatic hydroxyl groups is 1. The number of carbonyl (C=O) groups excluding carboxylic acids is 1. The molecule has 3 saturated heterocycles. The number of carbonyl (C=O) groups is 1. The Balaban J connectivity index is 1.10. The second-order valence-corrected chi connectivity index (χ2v) is 9.59. The number of hydrogen-bond donors (Lipinski definition) is 2. The molecule has 3 fully saturated rings. The first kappa shape index (κ1) is 23.2. The summed E-state index contributed by atoms with van der Waals surface area (Å²) < 4.78 is 37.3. The number of aliphatic hydroxyl groups excluding tert-OH is 1.